The molecule has 0 aliphatic carbocycles. The molecule has 3 heterocycles. The monoisotopic (exact) mass is 405 g/mol. The van der Waals surface area contributed by atoms with Gasteiger partial charge >= 0.3 is 0 Å². The summed E-state index contributed by atoms with van der Waals surface area (Å²) < 4.78 is 1.70. The molecule has 1 amide bonds. The zero-order valence-corrected chi connectivity index (χ0v) is 17.6. The number of piperazine rings is 1. The van der Waals surface area contributed by atoms with E-state index in [4.69, 9.17) is 0 Å². The molecular formula is C22H27N7O. The van der Waals surface area contributed by atoms with E-state index in [-0.39, 0.29) is 11.9 Å². The number of aryl methyl sites for hydroxylation is 2. The molecule has 8 nitrogen and oxygen atoms in total. The Morgan fingerprint density at radius 2 is 1.80 bits per heavy atom. The number of aromatic nitrogens is 4. The van der Waals surface area contributed by atoms with Crippen LogP contribution in [0.3, 0.4) is 0 Å². The van der Waals surface area contributed by atoms with Gasteiger partial charge in [0.25, 0.3) is 0 Å². The maximum Gasteiger partial charge on any atom is 0.247 e. The fraction of sp³-hybridized carbons (Fsp3) is 0.364. The van der Waals surface area contributed by atoms with E-state index in [2.05, 4.69) is 44.3 Å². The quantitative estimate of drug-likeness (QED) is 0.703. The number of carbonyl (C=O) groups is 1. The molecule has 0 spiro atoms. The number of rotatable bonds is 5. The van der Waals surface area contributed by atoms with Crippen LogP contribution in [0.1, 0.15) is 24.4 Å². The Labute approximate surface area is 176 Å². The van der Waals surface area contributed by atoms with E-state index in [9.17, 15) is 4.79 Å². The van der Waals surface area contributed by atoms with Gasteiger partial charge in [0.1, 0.15) is 23.5 Å². The standard InChI is InChI=1S/C22H27N7O/c1-16-5-7-19(8-6-16)26-20-15-21(25-18(3)24-20)27-11-13-28(14-12-27)22(30)17(2)29-10-4-9-23-29/h4-10,15,17H,11-14H2,1-3H3,(H,24,25,26). The number of anilines is 3. The van der Waals surface area contributed by atoms with Crippen molar-refractivity contribution in [2.45, 2.75) is 26.8 Å². The summed E-state index contributed by atoms with van der Waals surface area (Å²) in [5.74, 6) is 2.46. The van der Waals surface area contributed by atoms with Crippen molar-refractivity contribution in [3.8, 4) is 0 Å². The van der Waals surface area contributed by atoms with E-state index < -0.39 is 0 Å². The van der Waals surface area contributed by atoms with E-state index in [0.29, 0.717) is 18.9 Å². The van der Waals surface area contributed by atoms with Crippen molar-refractivity contribution in [1.29, 1.82) is 0 Å². The van der Waals surface area contributed by atoms with Gasteiger partial charge in [-0.15, -0.1) is 0 Å². The Morgan fingerprint density at radius 1 is 1.07 bits per heavy atom. The highest BCUT2D eigenvalue weighted by Crippen LogP contribution is 2.22. The molecule has 1 aliphatic rings. The van der Waals surface area contributed by atoms with Crippen LogP contribution in [0.4, 0.5) is 17.3 Å². The highest BCUT2D eigenvalue weighted by atomic mass is 16.2. The zero-order valence-electron chi connectivity index (χ0n) is 17.6. The molecular weight excluding hydrogens is 378 g/mol. The lowest BCUT2D eigenvalue weighted by Gasteiger charge is -2.36. The molecule has 156 valence electrons. The second kappa shape index (κ2) is 8.52. The number of nitrogens with zero attached hydrogens (tertiary/aromatic N) is 6. The van der Waals surface area contributed by atoms with Gasteiger partial charge in [0.15, 0.2) is 0 Å². The normalized spacial score (nSPS) is 15.2. The summed E-state index contributed by atoms with van der Waals surface area (Å²) in [7, 11) is 0. The minimum atomic E-state index is -0.293. The number of hydrogen-bond acceptors (Lipinski definition) is 6. The van der Waals surface area contributed by atoms with Crippen LogP contribution >= 0.6 is 0 Å². The molecule has 30 heavy (non-hydrogen) atoms. The van der Waals surface area contributed by atoms with Crippen LogP contribution in [0.2, 0.25) is 0 Å². The lowest BCUT2D eigenvalue weighted by Crippen LogP contribution is -2.50. The van der Waals surface area contributed by atoms with Gasteiger partial charge in [0, 0.05) is 50.3 Å². The second-order valence-corrected chi connectivity index (χ2v) is 7.62. The van der Waals surface area contributed by atoms with Gasteiger partial charge < -0.3 is 15.1 Å². The molecule has 8 heteroatoms. The first kappa shape index (κ1) is 19.9. The Balaban J connectivity index is 1.41. The average molecular weight is 406 g/mol. The lowest BCUT2D eigenvalue weighted by atomic mass is 10.2. The minimum absolute atomic E-state index is 0.0962. The summed E-state index contributed by atoms with van der Waals surface area (Å²) in [5, 5.41) is 7.54. The second-order valence-electron chi connectivity index (χ2n) is 7.62. The fourth-order valence-electron chi connectivity index (χ4n) is 3.61. The van der Waals surface area contributed by atoms with E-state index in [1.807, 2.05) is 49.2 Å². The number of amides is 1. The summed E-state index contributed by atoms with van der Waals surface area (Å²) in [5.41, 5.74) is 2.21. The summed E-state index contributed by atoms with van der Waals surface area (Å²) in [6.07, 6.45) is 3.52. The number of carbonyl (C=O) groups excluding carboxylic acids is 1. The molecule has 4 rings (SSSR count). The van der Waals surface area contributed by atoms with Crippen molar-refractivity contribution in [3.63, 3.8) is 0 Å². The summed E-state index contributed by atoms with van der Waals surface area (Å²) in [6.45, 7) is 8.64. The van der Waals surface area contributed by atoms with E-state index in [0.717, 1.165) is 30.4 Å². The summed E-state index contributed by atoms with van der Waals surface area (Å²) in [4.78, 5) is 26.0. The van der Waals surface area contributed by atoms with E-state index in [1.165, 1.54) is 5.56 Å². The molecule has 1 fully saturated rings. The smallest absolute Gasteiger partial charge is 0.247 e. The highest BCUT2D eigenvalue weighted by Gasteiger charge is 2.26. The Kier molecular flexibility index (Phi) is 5.65. The first-order chi connectivity index (χ1) is 14.5. The molecule has 1 aromatic carbocycles. The van der Waals surface area contributed by atoms with Crippen molar-refractivity contribution in [1.82, 2.24) is 24.6 Å². The van der Waals surface area contributed by atoms with E-state index >= 15 is 0 Å². The molecule has 0 bridgehead atoms. The van der Waals surface area contributed by atoms with Gasteiger partial charge in [0.05, 0.1) is 0 Å². The van der Waals surface area contributed by atoms with Crippen LogP contribution < -0.4 is 10.2 Å². The third-order valence-electron chi connectivity index (χ3n) is 5.34. The molecule has 1 aliphatic heterocycles. The molecule has 1 N–H and O–H groups in total. The predicted molar refractivity (Wildman–Crippen MR) is 117 cm³/mol. The van der Waals surface area contributed by atoms with Gasteiger partial charge in [-0.25, -0.2) is 9.97 Å². The maximum atomic E-state index is 12.8. The SMILES string of the molecule is Cc1ccc(Nc2cc(N3CCN(C(=O)C(C)n4cccn4)CC3)nc(C)n2)cc1. The van der Waals surface area contributed by atoms with Crippen LogP contribution in [0.15, 0.2) is 48.8 Å². The van der Waals surface area contributed by atoms with Crippen LogP contribution in [-0.4, -0.2) is 56.7 Å². The molecule has 3 aromatic rings. The van der Waals surface area contributed by atoms with Crippen LogP contribution in [0, 0.1) is 13.8 Å². The Bertz CT molecular complexity index is 993. The zero-order chi connectivity index (χ0) is 21.1. The summed E-state index contributed by atoms with van der Waals surface area (Å²) >= 11 is 0. The van der Waals surface area contributed by atoms with Crippen molar-refractivity contribution < 1.29 is 4.79 Å². The highest BCUT2D eigenvalue weighted by molar-refractivity contribution is 5.80. The van der Waals surface area contributed by atoms with Gasteiger partial charge in [-0.1, -0.05) is 17.7 Å². The number of hydrogen-bond donors (Lipinski definition) is 1. The first-order valence-corrected chi connectivity index (χ1v) is 10.2. The third-order valence-corrected chi connectivity index (χ3v) is 5.34. The van der Waals surface area contributed by atoms with Crippen molar-refractivity contribution in [2.24, 2.45) is 0 Å². The molecule has 1 saturated heterocycles. The maximum absolute atomic E-state index is 12.8. The van der Waals surface area contributed by atoms with Gasteiger partial charge in [-0.2, -0.15) is 5.10 Å². The molecule has 0 radical (unpaired) electrons. The predicted octanol–water partition coefficient (Wildman–Crippen LogP) is 2.94. The van der Waals surface area contributed by atoms with Crippen LogP contribution in [0.5, 0.6) is 0 Å². The van der Waals surface area contributed by atoms with Gasteiger partial charge in [-0.05, 0) is 39.0 Å². The van der Waals surface area contributed by atoms with Crippen molar-refractivity contribution in [3.05, 3.63) is 60.2 Å². The fourth-order valence-corrected chi connectivity index (χ4v) is 3.61. The number of nitrogens with one attached hydrogen (secondary N) is 1. The van der Waals surface area contributed by atoms with E-state index in [1.54, 1.807) is 10.9 Å². The first-order valence-electron chi connectivity index (χ1n) is 10.2. The van der Waals surface area contributed by atoms with Gasteiger partial charge in [-0.3, -0.25) is 9.48 Å². The Morgan fingerprint density at radius 3 is 2.47 bits per heavy atom. The minimum Gasteiger partial charge on any atom is -0.353 e. The largest absolute Gasteiger partial charge is 0.353 e. The van der Waals surface area contributed by atoms with Crippen molar-refractivity contribution in [2.75, 3.05) is 36.4 Å². The molecule has 2 aromatic heterocycles. The Hall–Kier alpha value is -3.42. The summed E-state index contributed by atoms with van der Waals surface area (Å²) in [6, 6.07) is 11.7. The average Bonchev–Trinajstić information content (AvgIpc) is 3.29. The lowest BCUT2D eigenvalue weighted by molar-refractivity contribution is -0.134. The molecule has 0 saturated carbocycles. The van der Waals surface area contributed by atoms with Gasteiger partial charge in [0.2, 0.25) is 5.91 Å². The van der Waals surface area contributed by atoms with Crippen LogP contribution in [-0.2, 0) is 4.79 Å². The number of benzene rings is 1. The molecule has 1 unspecified atom stereocenters. The third kappa shape index (κ3) is 4.42. The topological polar surface area (TPSA) is 79.2 Å². The molecule has 1 atom stereocenters. The van der Waals surface area contributed by atoms with Crippen LogP contribution in [0.25, 0.3) is 0 Å². The van der Waals surface area contributed by atoms with Crippen molar-refractivity contribution >= 4 is 23.2 Å².